The van der Waals surface area contributed by atoms with Crippen molar-refractivity contribution >= 4 is 40.0 Å². The molecule has 2 N–H and O–H groups in total. The first-order chi connectivity index (χ1) is 13.3. The van der Waals surface area contributed by atoms with Crippen LogP contribution < -0.4 is 10.6 Å². The van der Waals surface area contributed by atoms with Crippen LogP contribution in [0.15, 0.2) is 44.7 Å². The summed E-state index contributed by atoms with van der Waals surface area (Å²) in [6.07, 6.45) is 0. The number of guanidine groups is 1. The first kappa shape index (κ1) is 25.4. The minimum absolute atomic E-state index is 0. The highest BCUT2D eigenvalue weighted by Crippen LogP contribution is 2.19. The summed E-state index contributed by atoms with van der Waals surface area (Å²) in [5.41, 5.74) is 1.54. The van der Waals surface area contributed by atoms with Crippen LogP contribution in [0, 0.1) is 0 Å². The van der Waals surface area contributed by atoms with Crippen molar-refractivity contribution in [1.82, 2.24) is 20.1 Å². The van der Waals surface area contributed by atoms with E-state index in [1.807, 2.05) is 19.1 Å². The molecule has 0 spiro atoms. The molecular weight excluding hydrogens is 505 g/mol. The van der Waals surface area contributed by atoms with Crippen molar-refractivity contribution in [1.29, 1.82) is 0 Å². The lowest BCUT2D eigenvalue weighted by Gasteiger charge is -2.15. The van der Waals surface area contributed by atoms with E-state index in [0.717, 1.165) is 5.69 Å². The molecule has 0 fully saturated rings. The van der Waals surface area contributed by atoms with Gasteiger partial charge >= 0.3 is 0 Å². The van der Waals surface area contributed by atoms with Crippen molar-refractivity contribution in [3.8, 4) is 0 Å². The maximum Gasteiger partial charge on any atom is 0.242 e. The molecule has 0 bridgehead atoms. The summed E-state index contributed by atoms with van der Waals surface area (Å²) in [6.45, 7) is 7.42. The average Bonchev–Trinajstić information content (AvgIpc) is 3.13. The van der Waals surface area contributed by atoms with Crippen LogP contribution in [0.3, 0.4) is 0 Å². The van der Waals surface area contributed by atoms with Crippen LogP contribution in [0.4, 0.5) is 0 Å². The molecule has 0 aliphatic carbocycles. The van der Waals surface area contributed by atoms with E-state index in [1.54, 1.807) is 18.2 Å². The third kappa shape index (κ3) is 6.96. The highest BCUT2D eigenvalue weighted by Gasteiger charge is 2.20. The van der Waals surface area contributed by atoms with Gasteiger partial charge in [0.1, 0.15) is 0 Å². The number of halogens is 1. The Morgan fingerprint density at radius 1 is 1.24 bits per heavy atom. The third-order valence-corrected chi connectivity index (χ3v) is 6.00. The van der Waals surface area contributed by atoms with Crippen molar-refractivity contribution < 1.29 is 12.9 Å². The van der Waals surface area contributed by atoms with Gasteiger partial charge in [-0.25, -0.2) is 17.7 Å². The van der Waals surface area contributed by atoms with Crippen molar-refractivity contribution in [3.05, 3.63) is 47.3 Å². The van der Waals surface area contributed by atoms with Crippen LogP contribution in [-0.4, -0.2) is 44.5 Å². The van der Waals surface area contributed by atoms with E-state index in [1.165, 1.54) is 18.4 Å². The molecule has 0 aliphatic rings. The van der Waals surface area contributed by atoms with Crippen molar-refractivity contribution in [2.45, 2.75) is 44.7 Å². The lowest BCUT2D eigenvalue weighted by molar-refractivity contribution is 0.372. The fraction of sp³-hybridized carbons (Fsp3) is 0.474. The molecule has 2 aromatic rings. The second-order valence-electron chi connectivity index (χ2n) is 6.82. The lowest BCUT2D eigenvalue weighted by atomic mass is 10.1. The van der Waals surface area contributed by atoms with Gasteiger partial charge in [0.05, 0.1) is 23.7 Å². The molecule has 0 amide bonds. The van der Waals surface area contributed by atoms with Gasteiger partial charge in [0.15, 0.2) is 11.7 Å². The molecule has 10 heteroatoms. The maximum atomic E-state index is 12.5. The fourth-order valence-corrected chi connectivity index (χ4v) is 3.55. The number of sulfonamides is 1. The van der Waals surface area contributed by atoms with E-state index in [4.69, 9.17) is 4.52 Å². The van der Waals surface area contributed by atoms with Crippen LogP contribution in [-0.2, 0) is 23.1 Å². The molecule has 0 saturated heterocycles. The highest BCUT2D eigenvalue weighted by molar-refractivity contribution is 14.0. The van der Waals surface area contributed by atoms with Gasteiger partial charge in [0, 0.05) is 26.7 Å². The van der Waals surface area contributed by atoms with Crippen molar-refractivity contribution in [3.63, 3.8) is 0 Å². The molecule has 8 nitrogen and oxygen atoms in total. The van der Waals surface area contributed by atoms with Crippen molar-refractivity contribution in [2.24, 2.45) is 4.99 Å². The number of rotatable bonds is 8. The van der Waals surface area contributed by atoms with Crippen molar-refractivity contribution in [2.75, 3.05) is 20.6 Å². The van der Waals surface area contributed by atoms with Crippen LogP contribution in [0.5, 0.6) is 0 Å². The second kappa shape index (κ2) is 11.5. The normalized spacial score (nSPS) is 12.2. The van der Waals surface area contributed by atoms with Gasteiger partial charge in [0.2, 0.25) is 10.0 Å². The SMILES string of the molecule is CCNC(=NCc1ccccc1S(=O)(=O)N(C)C)NCc1cc(C(C)C)no1.I. The Hall–Kier alpha value is -1.66. The van der Waals surface area contributed by atoms with E-state index in [0.29, 0.717) is 36.3 Å². The summed E-state index contributed by atoms with van der Waals surface area (Å²) in [5.74, 6) is 1.58. The summed E-state index contributed by atoms with van der Waals surface area (Å²) in [7, 11) is -0.493. The van der Waals surface area contributed by atoms with Gasteiger partial charge < -0.3 is 15.2 Å². The van der Waals surface area contributed by atoms with Crippen LogP contribution in [0.25, 0.3) is 0 Å². The Morgan fingerprint density at radius 2 is 1.93 bits per heavy atom. The molecular formula is C19H30IN5O3S. The number of benzene rings is 1. The molecule has 1 aromatic carbocycles. The number of aromatic nitrogens is 1. The average molecular weight is 535 g/mol. The first-order valence-electron chi connectivity index (χ1n) is 9.23. The highest BCUT2D eigenvalue weighted by atomic mass is 127. The molecule has 2 rings (SSSR count). The molecule has 0 saturated carbocycles. The van der Waals surface area contributed by atoms with Crippen LogP contribution in [0.2, 0.25) is 0 Å². The first-order valence-corrected chi connectivity index (χ1v) is 10.7. The minimum atomic E-state index is -3.53. The smallest absolute Gasteiger partial charge is 0.242 e. The maximum absolute atomic E-state index is 12.5. The molecule has 0 unspecified atom stereocenters. The number of nitrogens with one attached hydrogen (secondary N) is 2. The van der Waals surface area contributed by atoms with E-state index in [9.17, 15) is 8.42 Å². The molecule has 29 heavy (non-hydrogen) atoms. The van der Waals surface area contributed by atoms with Gasteiger partial charge in [0.25, 0.3) is 0 Å². The predicted octanol–water partition coefficient (Wildman–Crippen LogP) is 2.92. The van der Waals surface area contributed by atoms with E-state index >= 15 is 0 Å². The second-order valence-corrected chi connectivity index (χ2v) is 8.94. The number of hydrogen-bond acceptors (Lipinski definition) is 5. The largest absolute Gasteiger partial charge is 0.359 e. The Balaban J connectivity index is 0.00000420. The Bertz CT molecular complexity index is 910. The summed E-state index contributed by atoms with van der Waals surface area (Å²) in [6, 6.07) is 8.81. The van der Waals surface area contributed by atoms with E-state index < -0.39 is 10.0 Å². The zero-order valence-electron chi connectivity index (χ0n) is 17.5. The van der Waals surface area contributed by atoms with Crippen LogP contribution >= 0.6 is 24.0 Å². The minimum Gasteiger partial charge on any atom is -0.359 e. The number of aliphatic imine (C=N–C) groups is 1. The summed E-state index contributed by atoms with van der Waals surface area (Å²) in [4.78, 5) is 4.78. The molecule has 162 valence electrons. The molecule has 0 radical (unpaired) electrons. The van der Waals surface area contributed by atoms with Gasteiger partial charge in [-0.15, -0.1) is 24.0 Å². The van der Waals surface area contributed by atoms with Gasteiger partial charge in [-0.1, -0.05) is 37.2 Å². The Kier molecular flexibility index (Phi) is 10.1. The Labute approximate surface area is 190 Å². The molecule has 0 aliphatic heterocycles. The molecule has 0 atom stereocenters. The number of hydrogen-bond donors (Lipinski definition) is 2. The summed E-state index contributed by atoms with van der Waals surface area (Å²) < 4.78 is 31.6. The molecule has 1 aromatic heterocycles. The zero-order chi connectivity index (χ0) is 20.7. The molecule has 1 heterocycles. The summed E-state index contributed by atoms with van der Waals surface area (Å²) in [5, 5.41) is 10.4. The van der Waals surface area contributed by atoms with Gasteiger partial charge in [-0.2, -0.15) is 0 Å². The van der Waals surface area contributed by atoms with E-state index in [2.05, 4.69) is 34.6 Å². The predicted molar refractivity (Wildman–Crippen MR) is 125 cm³/mol. The lowest BCUT2D eigenvalue weighted by Crippen LogP contribution is -2.36. The monoisotopic (exact) mass is 535 g/mol. The zero-order valence-corrected chi connectivity index (χ0v) is 20.6. The topological polar surface area (TPSA) is 99.8 Å². The van der Waals surface area contributed by atoms with Crippen LogP contribution in [0.1, 0.15) is 43.7 Å². The van der Waals surface area contributed by atoms with E-state index in [-0.39, 0.29) is 35.4 Å². The van der Waals surface area contributed by atoms with Gasteiger partial charge in [-0.05, 0) is 24.5 Å². The Morgan fingerprint density at radius 3 is 2.52 bits per heavy atom. The third-order valence-electron chi connectivity index (χ3n) is 4.08. The van der Waals surface area contributed by atoms with Gasteiger partial charge in [-0.3, -0.25) is 0 Å². The standard InChI is InChI=1S/C19H29N5O3S.HI/c1-6-20-19(22-13-16-11-17(14(2)3)23-27-16)21-12-15-9-7-8-10-18(15)28(25,26)24(4)5;/h7-11,14H,6,12-13H2,1-5H3,(H2,20,21,22);1H. The number of nitrogens with zero attached hydrogens (tertiary/aromatic N) is 3. The quantitative estimate of drug-likeness (QED) is 0.307. The fourth-order valence-electron chi connectivity index (χ4n) is 2.44. The summed E-state index contributed by atoms with van der Waals surface area (Å²) >= 11 is 0.